The molecule has 1 amide bonds. The Labute approximate surface area is 158 Å². The van der Waals surface area contributed by atoms with E-state index in [4.69, 9.17) is 9.47 Å². The Morgan fingerprint density at radius 3 is 2.50 bits per heavy atom. The molecule has 128 valence electrons. The summed E-state index contributed by atoms with van der Waals surface area (Å²) >= 11 is 3.56. The van der Waals surface area contributed by atoms with E-state index in [0.29, 0.717) is 16.3 Å². The molecule has 0 saturated carbocycles. The molecule has 0 bridgehead atoms. The van der Waals surface area contributed by atoms with Crippen LogP contribution in [0.5, 0.6) is 5.75 Å². The Balaban J connectivity index is 2.04. The number of hydrogen-bond acceptors (Lipinski definition) is 5. The molecule has 0 spiro atoms. The van der Waals surface area contributed by atoms with Crippen molar-refractivity contribution in [1.29, 1.82) is 0 Å². The highest BCUT2D eigenvalue weighted by Gasteiger charge is 2.22. The third-order valence-corrected chi connectivity index (χ3v) is 5.14. The summed E-state index contributed by atoms with van der Waals surface area (Å²) in [5, 5.41) is 3.25. The van der Waals surface area contributed by atoms with Crippen molar-refractivity contribution in [3.8, 4) is 5.75 Å². The van der Waals surface area contributed by atoms with Crippen LogP contribution in [0.25, 0.3) is 0 Å². The van der Waals surface area contributed by atoms with Crippen molar-refractivity contribution in [3.05, 3.63) is 43.8 Å². The second kappa shape index (κ2) is 8.48. The lowest BCUT2D eigenvalue weighted by Crippen LogP contribution is -2.21. The van der Waals surface area contributed by atoms with Crippen LogP contribution in [0.2, 0.25) is 0 Å². The van der Waals surface area contributed by atoms with Crippen molar-refractivity contribution in [1.82, 2.24) is 0 Å². The van der Waals surface area contributed by atoms with Gasteiger partial charge in [0.15, 0.2) is 6.61 Å². The summed E-state index contributed by atoms with van der Waals surface area (Å²) in [6.07, 6.45) is 0. The molecule has 5 nitrogen and oxygen atoms in total. The van der Waals surface area contributed by atoms with Crippen molar-refractivity contribution in [2.45, 2.75) is 20.8 Å². The summed E-state index contributed by atoms with van der Waals surface area (Å²) < 4.78 is 11.6. The molecule has 7 heteroatoms. The highest BCUT2D eigenvalue weighted by atomic mass is 127. The summed E-state index contributed by atoms with van der Waals surface area (Å²) in [4.78, 5) is 25.2. The van der Waals surface area contributed by atoms with E-state index < -0.39 is 5.97 Å². The lowest BCUT2D eigenvalue weighted by atomic mass is 10.1. The van der Waals surface area contributed by atoms with Gasteiger partial charge in [0.2, 0.25) is 0 Å². The van der Waals surface area contributed by atoms with E-state index >= 15 is 0 Å². The second-order valence-electron chi connectivity index (χ2n) is 5.00. The van der Waals surface area contributed by atoms with E-state index in [0.717, 1.165) is 14.0 Å². The van der Waals surface area contributed by atoms with E-state index in [1.54, 1.807) is 19.1 Å². The molecule has 0 aliphatic rings. The van der Waals surface area contributed by atoms with Crippen molar-refractivity contribution in [2.75, 3.05) is 18.5 Å². The van der Waals surface area contributed by atoms with Crippen molar-refractivity contribution < 1.29 is 19.1 Å². The highest BCUT2D eigenvalue weighted by molar-refractivity contribution is 14.1. The Hall–Kier alpha value is -1.61. The number of anilines is 1. The first-order chi connectivity index (χ1) is 11.4. The molecule has 0 atom stereocenters. The Bertz CT molecular complexity index is 740. The molecule has 1 aromatic heterocycles. The number of esters is 1. The third kappa shape index (κ3) is 4.70. The van der Waals surface area contributed by atoms with Crippen LogP contribution in [0.15, 0.2) is 24.3 Å². The fraction of sp³-hybridized carbons (Fsp3) is 0.294. The lowest BCUT2D eigenvalue weighted by Gasteiger charge is -2.08. The van der Waals surface area contributed by atoms with Crippen LogP contribution in [0, 0.1) is 17.4 Å². The van der Waals surface area contributed by atoms with Crippen molar-refractivity contribution in [3.63, 3.8) is 0 Å². The molecule has 1 aromatic carbocycles. The Kier molecular flexibility index (Phi) is 6.61. The third-order valence-electron chi connectivity index (χ3n) is 3.30. The molecule has 1 heterocycles. The fourth-order valence-corrected chi connectivity index (χ4v) is 3.43. The molecular formula is C17H18INO4S. The van der Waals surface area contributed by atoms with Gasteiger partial charge < -0.3 is 14.8 Å². The van der Waals surface area contributed by atoms with Crippen LogP contribution in [-0.4, -0.2) is 25.1 Å². The normalized spacial score (nSPS) is 10.3. The molecule has 2 aromatic rings. The van der Waals surface area contributed by atoms with Gasteiger partial charge in [-0.15, -0.1) is 11.3 Å². The zero-order valence-electron chi connectivity index (χ0n) is 13.6. The highest BCUT2D eigenvalue weighted by Crippen LogP contribution is 2.33. The molecule has 2 rings (SSSR count). The van der Waals surface area contributed by atoms with E-state index in [1.807, 2.05) is 26.0 Å². The molecular weight excluding hydrogens is 441 g/mol. The van der Waals surface area contributed by atoms with Crippen LogP contribution < -0.4 is 10.1 Å². The molecule has 0 radical (unpaired) electrons. The van der Waals surface area contributed by atoms with E-state index in [1.165, 1.54) is 11.3 Å². The maximum absolute atomic E-state index is 12.1. The maximum atomic E-state index is 12.1. The molecule has 0 aliphatic carbocycles. The number of nitrogens with one attached hydrogen (secondary N) is 1. The summed E-state index contributed by atoms with van der Waals surface area (Å²) in [6.45, 7) is 5.66. The molecule has 24 heavy (non-hydrogen) atoms. The summed E-state index contributed by atoms with van der Waals surface area (Å²) in [7, 11) is 0. The molecule has 0 unspecified atom stereocenters. The number of aryl methyl sites for hydroxylation is 1. The lowest BCUT2D eigenvalue weighted by molar-refractivity contribution is -0.118. The Morgan fingerprint density at radius 1 is 1.21 bits per heavy atom. The molecule has 0 saturated heterocycles. The topological polar surface area (TPSA) is 64.6 Å². The number of carbonyl (C=O) groups is 2. The van der Waals surface area contributed by atoms with Gasteiger partial charge in [0.1, 0.15) is 10.8 Å². The maximum Gasteiger partial charge on any atom is 0.341 e. The summed E-state index contributed by atoms with van der Waals surface area (Å²) in [5.74, 6) is -0.122. The number of hydrogen-bond donors (Lipinski definition) is 1. The van der Waals surface area contributed by atoms with Gasteiger partial charge in [-0.25, -0.2) is 4.79 Å². The zero-order valence-corrected chi connectivity index (χ0v) is 16.6. The van der Waals surface area contributed by atoms with Crippen LogP contribution >= 0.6 is 33.9 Å². The van der Waals surface area contributed by atoms with Gasteiger partial charge in [-0.2, -0.15) is 0 Å². The monoisotopic (exact) mass is 459 g/mol. The standard InChI is InChI=1S/C17H18INO4S/c1-4-22-17(21)15-10(2)11(3)24-16(15)19-14(20)9-23-13-7-5-12(18)6-8-13/h5-8H,4,9H2,1-3H3,(H,19,20). The van der Waals surface area contributed by atoms with Crippen LogP contribution in [-0.2, 0) is 9.53 Å². The van der Waals surface area contributed by atoms with Gasteiger partial charge in [-0.1, -0.05) is 0 Å². The number of thiophene rings is 1. The van der Waals surface area contributed by atoms with Gasteiger partial charge in [0.05, 0.1) is 12.2 Å². The predicted octanol–water partition coefficient (Wildman–Crippen LogP) is 4.16. The average Bonchev–Trinajstić information content (AvgIpc) is 2.81. The molecule has 0 fully saturated rings. The van der Waals surface area contributed by atoms with Crippen molar-refractivity contribution >= 4 is 50.8 Å². The van der Waals surface area contributed by atoms with E-state index in [2.05, 4.69) is 27.9 Å². The number of carbonyl (C=O) groups excluding carboxylic acids is 2. The summed E-state index contributed by atoms with van der Waals surface area (Å²) in [5.41, 5.74) is 1.24. The number of benzene rings is 1. The Morgan fingerprint density at radius 2 is 1.88 bits per heavy atom. The van der Waals surface area contributed by atoms with E-state index in [9.17, 15) is 9.59 Å². The quantitative estimate of drug-likeness (QED) is 0.521. The zero-order chi connectivity index (χ0) is 17.7. The first kappa shape index (κ1) is 18.7. The minimum atomic E-state index is -0.423. The average molecular weight is 459 g/mol. The van der Waals surface area contributed by atoms with Gasteiger partial charge >= 0.3 is 5.97 Å². The second-order valence-corrected chi connectivity index (χ2v) is 7.47. The van der Waals surface area contributed by atoms with E-state index in [-0.39, 0.29) is 19.1 Å². The largest absolute Gasteiger partial charge is 0.484 e. The predicted molar refractivity (Wildman–Crippen MR) is 103 cm³/mol. The van der Waals surface area contributed by atoms with Crippen LogP contribution in [0.4, 0.5) is 5.00 Å². The molecule has 0 aliphatic heterocycles. The minimum absolute atomic E-state index is 0.126. The smallest absolute Gasteiger partial charge is 0.341 e. The fourth-order valence-electron chi connectivity index (χ4n) is 2.01. The van der Waals surface area contributed by atoms with Crippen LogP contribution in [0.1, 0.15) is 27.7 Å². The minimum Gasteiger partial charge on any atom is -0.484 e. The number of ether oxygens (including phenoxy) is 2. The number of halogens is 1. The SMILES string of the molecule is CCOC(=O)c1c(NC(=O)COc2ccc(I)cc2)sc(C)c1C. The molecule has 1 N–H and O–H groups in total. The first-order valence-electron chi connectivity index (χ1n) is 7.37. The number of amides is 1. The van der Waals surface area contributed by atoms with Gasteiger partial charge in [0.25, 0.3) is 5.91 Å². The first-order valence-corrected chi connectivity index (χ1v) is 9.27. The van der Waals surface area contributed by atoms with Crippen LogP contribution in [0.3, 0.4) is 0 Å². The summed E-state index contributed by atoms with van der Waals surface area (Å²) in [6, 6.07) is 7.41. The number of rotatable bonds is 6. The van der Waals surface area contributed by atoms with Gasteiger partial charge in [-0.05, 0) is 73.2 Å². The van der Waals surface area contributed by atoms with Gasteiger partial charge in [-0.3, -0.25) is 4.79 Å². The van der Waals surface area contributed by atoms with Gasteiger partial charge in [0, 0.05) is 8.45 Å². The van der Waals surface area contributed by atoms with Crippen molar-refractivity contribution in [2.24, 2.45) is 0 Å².